The van der Waals surface area contributed by atoms with Crippen LogP contribution in [0.15, 0.2) is 152 Å². The zero-order chi connectivity index (χ0) is 37.0. The zero-order valence-corrected chi connectivity index (χ0v) is 33.7. The Balaban J connectivity index is 0.00000427. The van der Waals surface area contributed by atoms with Gasteiger partial charge in [0.2, 0.25) is 0 Å². The minimum absolute atomic E-state index is 0. The van der Waals surface area contributed by atoms with Crippen LogP contribution < -0.4 is 0 Å². The Hall–Kier alpha value is -5.57. The monoisotopic (exact) mass is 895 g/mol. The number of aromatic hydroxyl groups is 1. The molecule has 0 fully saturated rings. The molecule has 1 N–H and O–H groups in total. The van der Waals surface area contributed by atoms with E-state index in [0.717, 1.165) is 85.3 Å². The van der Waals surface area contributed by atoms with E-state index in [4.69, 9.17) is 9.97 Å². The molecule has 0 amide bonds. The van der Waals surface area contributed by atoms with Crippen LogP contribution in [0.3, 0.4) is 0 Å². The topological polar surface area (TPSA) is 50.9 Å². The second kappa shape index (κ2) is 14.3. The molecule has 0 radical (unpaired) electrons. The van der Waals surface area contributed by atoms with E-state index in [-0.39, 0.29) is 31.9 Å². The van der Waals surface area contributed by atoms with Gasteiger partial charge in [-0.25, -0.2) is 4.98 Å². The Morgan fingerprint density at radius 3 is 1.95 bits per heavy atom. The van der Waals surface area contributed by atoms with Crippen LogP contribution in [0.1, 0.15) is 51.7 Å². The molecule has 1 aliphatic rings. The van der Waals surface area contributed by atoms with E-state index in [1.807, 2.05) is 36.5 Å². The van der Waals surface area contributed by atoms with Crippen LogP contribution >= 0.6 is 0 Å². The summed E-state index contributed by atoms with van der Waals surface area (Å²) in [6.07, 6.45) is 3.95. The van der Waals surface area contributed by atoms with Crippen molar-refractivity contribution < 1.29 is 26.2 Å². The van der Waals surface area contributed by atoms with Gasteiger partial charge in [0.05, 0.1) is 16.6 Å². The summed E-state index contributed by atoms with van der Waals surface area (Å²) in [7, 11) is 0. The molecule has 55 heavy (non-hydrogen) atoms. The molecule has 0 spiro atoms. The van der Waals surface area contributed by atoms with Crippen molar-refractivity contribution in [2.24, 2.45) is 0 Å². The molecular formula is C50H42N3OPt-. The number of rotatable bonds is 6. The minimum Gasteiger partial charge on any atom is -0.507 e. The maximum absolute atomic E-state index is 12.3. The second-order valence-corrected chi connectivity index (χ2v) is 15.8. The number of phenols is 1. The summed E-state index contributed by atoms with van der Waals surface area (Å²) in [5, 5.41) is 12.3. The molecule has 0 atom stereocenters. The SMILES string of the molecule is CC1(C)CCC(C)(C)c2c1ccc(-c1nc3c(-c4[c-]c(-c5cc(-c6ccccc6)ccn5)cc(-c5ccccc5)c4)cccc3n1-c1ccccc1)c2O.[Pt]. The summed E-state index contributed by atoms with van der Waals surface area (Å²) >= 11 is 0. The van der Waals surface area contributed by atoms with Gasteiger partial charge in [-0.3, -0.25) is 9.55 Å². The maximum Gasteiger partial charge on any atom is 0.148 e. The summed E-state index contributed by atoms with van der Waals surface area (Å²) in [5.41, 5.74) is 13.6. The molecule has 2 heterocycles. The predicted molar refractivity (Wildman–Crippen MR) is 222 cm³/mol. The summed E-state index contributed by atoms with van der Waals surface area (Å²) in [4.78, 5) is 10.3. The third-order valence-electron chi connectivity index (χ3n) is 11.3. The number of hydrogen-bond donors (Lipinski definition) is 1. The summed E-state index contributed by atoms with van der Waals surface area (Å²) in [5.74, 6) is 1.03. The molecule has 0 aliphatic heterocycles. The average molecular weight is 896 g/mol. The largest absolute Gasteiger partial charge is 0.507 e. The van der Waals surface area contributed by atoms with Crippen molar-refractivity contribution in [3.05, 3.63) is 169 Å². The minimum atomic E-state index is -0.172. The van der Waals surface area contributed by atoms with Gasteiger partial charge in [0.15, 0.2) is 0 Å². The number of pyridine rings is 1. The van der Waals surface area contributed by atoms with Gasteiger partial charge in [0.25, 0.3) is 0 Å². The molecule has 0 saturated heterocycles. The number of fused-ring (bicyclic) bond motifs is 2. The Morgan fingerprint density at radius 1 is 0.600 bits per heavy atom. The van der Waals surface area contributed by atoms with Crippen LogP contribution in [-0.4, -0.2) is 19.6 Å². The van der Waals surface area contributed by atoms with Crippen LogP contribution in [0.25, 0.3) is 72.7 Å². The third-order valence-corrected chi connectivity index (χ3v) is 11.3. The van der Waals surface area contributed by atoms with Crippen LogP contribution in [-0.2, 0) is 31.9 Å². The van der Waals surface area contributed by atoms with Gasteiger partial charge in [0.1, 0.15) is 11.6 Å². The van der Waals surface area contributed by atoms with E-state index in [1.54, 1.807) is 0 Å². The van der Waals surface area contributed by atoms with Gasteiger partial charge in [-0.15, -0.1) is 23.8 Å². The van der Waals surface area contributed by atoms with Crippen LogP contribution in [0, 0.1) is 6.07 Å². The van der Waals surface area contributed by atoms with Crippen LogP contribution in [0.5, 0.6) is 5.75 Å². The van der Waals surface area contributed by atoms with Gasteiger partial charge in [0, 0.05) is 44.2 Å². The molecule has 4 nitrogen and oxygen atoms in total. The fraction of sp³-hybridized carbons (Fsp3) is 0.160. The van der Waals surface area contributed by atoms with Crippen molar-refractivity contribution in [3.8, 4) is 67.5 Å². The number of imidazole rings is 1. The van der Waals surface area contributed by atoms with E-state index in [9.17, 15) is 5.11 Å². The molecule has 5 heteroatoms. The summed E-state index contributed by atoms with van der Waals surface area (Å²) in [6, 6.07) is 54.2. The number of nitrogens with zero attached hydrogens (tertiary/aromatic N) is 3. The Labute approximate surface area is 337 Å². The molecule has 6 aromatic carbocycles. The van der Waals surface area contributed by atoms with Gasteiger partial charge in [-0.05, 0) is 76.3 Å². The standard InChI is InChI=1S/C50H42N3O.Pt/c1-49(2)26-27-50(3,4)45-42(49)24-23-41(47(45)54)48-52-46-40(21-14-22-44(46)53(48)39-19-12-7-13-20-39)37-29-36(34-17-10-6-11-18-34)30-38(31-37)43-32-35(25-28-51-43)33-15-8-5-9-16-33;/h5-25,28-30,32,54H,26-27H2,1-4H3;/q-1;. The van der Waals surface area contributed by atoms with Crippen LogP contribution in [0.2, 0.25) is 0 Å². The number of hydrogen-bond acceptors (Lipinski definition) is 3. The molecular weight excluding hydrogens is 854 g/mol. The number of aromatic nitrogens is 3. The molecule has 274 valence electrons. The van der Waals surface area contributed by atoms with Crippen molar-refractivity contribution in [1.29, 1.82) is 0 Å². The molecule has 2 aromatic heterocycles. The van der Waals surface area contributed by atoms with Crippen molar-refractivity contribution in [1.82, 2.24) is 14.5 Å². The Morgan fingerprint density at radius 2 is 1.24 bits per heavy atom. The molecule has 1 aliphatic carbocycles. The summed E-state index contributed by atoms with van der Waals surface area (Å²) < 4.78 is 2.19. The van der Waals surface area contributed by atoms with Gasteiger partial charge >= 0.3 is 0 Å². The Kier molecular flexibility index (Phi) is 9.43. The number of para-hydroxylation sites is 2. The van der Waals surface area contributed by atoms with E-state index in [2.05, 4.69) is 154 Å². The number of phenolic OH excluding ortho intramolecular Hbond substituents is 1. The van der Waals surface area contributed by atoms with Crippen LogP contribution in [0.4, 0.5) is 0 Å². The first-order valence-corrected chi connectivity index (χ1v) is 18.8. The zero-order valence-electron chi connectivity index (χ0n) is 31.5. The first kappa shape index (κ1) is 36.4. The predicted octanol–water partition coefficient (Wildman–Crippen LogP) is 12.6. The van der Waals surface area contributed by atoms with E-state index < -0.39 is 0 Å². The normalized spacial score (nSPS) is 14.3. The number of benzene rings is 6. The fourth-order valence-corrected chi connectivity index (χ4v) is 8.28. The first-order valence-electron chi connectivity index (χ1n) is 18.8. The van der Waals surface area contributed by atoms with Gasteiger partial charge in [-0.2, -0.15) is 0 Å². The van der Waals surface area contributed by atoms with Crippen molar-refractivity contribution in [3.63, 3.8) is 0 Å². The van der Waals surface area contributed by atoms with Crippen molar-refractivity contribution in [2.45, 2.75) is 51.4 Å². The maximum atomic E-state index is 12.3. The van der Waals surface area contributed by atoms with E-state index >= 15 is 0 Å². The smallest absolute Gasteiger partial charge is 0.148 e. The van der Waals surface area contributed by atoms with Gasteiger partial charge in [-0.1, -0.05) is 148 Å². The molecule has 0 saturated carbocycles. The van der Waals surface area contributed by atoms with E-state index in [0.29, 0.717) is 11.6 Å². The van der Waals surface area contributed by atoms with Crippen molar-refractivity contribution >= 4 is 11.0 Å². The van der Waals surface area contributed by atoms with Crippen molar-refractivity contribution in [2.75, 3.05) is 0 Å². The summed E-state index contributed by atoms with van der Waals surface area (Å²) in [6.45, 7) is 9.07. The first-order chi connectivity index (χ1) is 26.2. The molecule has 0 bridgehead atoms. The third kappa shape index (κ3) is 6.53. The van der Waals surface area contributed by atoms with E-state index in [1.165, 1.54) is 5.56 Å². The van der Waals surface area contributed by atoms with Gasteiger partial charge < -0.3 is 5.11 Å². The second-order valence-electron chi connectivity index (χ2n) is 15.8. The molecule has 8 aromatic rings. The average Bonchev–Trinajstić information content (AvgIpc) is 3.60. The molecule has 9 rings (SSSR count). The quantitative estimate of drug-likeness (QED) is 0.169. The Bertz CT molecular complexity index is 2660. The molecule has 0 unspecified atom stereocenters. The fourth-order valence-electron chi connectivity index (χ4n) is 8.28.